The van der Waals surface area contributed by atoms with Crippen molar-refractivity contribution in [3.63, 3.8) is 0 Å². The fourth-order valence-electron chi connectivity index (χ4n) is 5.00. The highest BCUT2D eigenvalue weighted by Gasteiger charge is 2.33. The van der Waals surface area contributed by atoms with Crippen molar-refractivity contribution in [2.45, 2.75) is 57.5 Å². The van der Waals surface area contributed by atoms with Gasteiger partial charge in [0.05, 0.1) is 5.92 Å². The smallest absolute Gasteiger partial charge is 0.253 e. The molecule has 3 atom stereocenters. The molecule has 4 rings (SSSR count). The number of hydrogen-bond donors (Lipinski definition) is 2. The van der Waals surface area contributed by atoms with E-state index in [0.29, 0.717) is 29.2 Å². The number of nitrogens with zero attached hydrogens (tertiary/aromatic N) is 1. The molecule has 2 aromatic carbocycles. The highest BCUT2D eigenvalue weighted by Crippen LogP contribution is 2.23. The second kappa shape index (κ2) is 11.0. The highest BCUT2D eigenvalue weighted by molar-refractivity contribution is 6.30. The van der Waals surface area contributed by atoms with Crippen LogP contribution in [0.15, 0.2) is 48.5 Å². The lowest BCUT2D eigenvalue weighted by molar-refractivity contribution is -0.127. The number of aryl methyl sites for hydroxylation is 1. The van der Waals surface area contributed by atoms with Crippen LogP contribution in [-0.2, 0) is 4.79 Å². The van der Waals surface area contributed by atoms with E-state index in [-0.39, 0.29) is 35.7 Å². The molecule has 180 valence electrons. The van der Waals surface area contributed by atoms with Crippen LogP contribution in [0.1, 0.15) is 64.8 Å². The van der Waals surface area contributed by atoms with Gasteiger partial charge in [0.15, 0.2) is 0 Å². The number of amides is 3. The molecule has 1 saturated carbocycles. The summed E-state index contributed by atoms with van der Waals surface area (Å²) in [6.45, 7) is 2.97. The van der Waals surface area contributed by atoms with Gasteiger partial charge in [0.1, 0.15) is 0 Å². The van der Waals surface area contributed by atoms with Crippen LogP contribution in [0, 0.1) is 12.8 Å². The zero-order chi connectivity index (χ0) is 24.1. The zero-order valence-corrected chi connectivity index (χ0v) is 20.3. The maximum Gasteiger partial charge on any atom is 0.253 e. The Morgan fingerprint density at radius 1 is 0.882 bits per heavy atom. The maximum absolute atomic E-state index is 13.2. The van der Waals surface area contributed by atoms with Gasteiger partial charge < -0.3 is 15.5 Å². The van der Waals surface area contributed by atoms with Gasteiger partial charge in [-0.15, -0.1) is 0 Å². The quantitative estimate of drug-likeness (QED) is 0.666. The molecule has 1 saturated heterocycles. The van der Waals surface area contributed by atoms with Gasteiger partial charge in [-0.3, -0.25) is 14.4 Å². The number of carbonyl (C=O) groups is 3. The second-order valence-corrected chi connectivity index (χ2v) is 9.83. The summed E-state index contributed by atoms with van der Waals surface area (Å²) in [5.41, 5.74) is 2.18. The molecule has 1 aliphatic heterocycles. The molecule has 34 heavy (non-hydrogen) atoms. The Bertz CT molecular complexity index is 1040. The number of rotatable bonds is 5. The van der Waals surface area contributed by atoms with Crippen LogP contribution >= 0.6 is 11.6 Å². The lowest BCUT2D eigenvalue weighted by Crippen LogP contribution is -2.55. The van der Waals surface area contributed by atoms with Crippen molar-refractivity contribution in [1.82, 2.24) is 15.5 Å². The van der Waals surface area contributed by atoms with E-state index >= 15 is 0 Å². The molecule has 7 heteroatoms. The molecule has 0 spiro atoms. The molecule has 1 heterocycles. The number of halogens is 1. The first-order valence-electron chi connectivity index (χ1n) is 12.1. The van der Waals surface area contributed by atoms with Crippen LogP contribution < -0.4 is 10.6 Å². The molecule has 2 N–H and O–H groups in total. The third-order valence-electron chi connectivity index (χ3n) is 6.97. The number of piperidine rings is 1. The number of nitrogens with one attached hydrogen (secondary N) is 2. The molecule has 0 radical (unpaired) electrons. The Labute approximate surface area is 206 Å². The minimum atomic E-state index is -0.250. The lowest BCUT2D eigenvalue weighted by Gasteiger charge is -2.36. The molecule has 1 aliphatic carbocycles. The van der Waals surface area contributed by atoms with Gasteiger partial charge in [0, 0.05) is 41.3 Å². The summed E-state index contributed by atoms with van der Waals surface area (Å²) >= 11 is 5.94. The Morgan fingerprint density at radius 3 is 2.26 bits per heavy atom. The van der Waals surface area contributed by atoms with Gasteiger partial charge in [0.2, 0.25) is 5.91 Å². The van der Waals surface area contributed by atoms with Gasteiger partial charge in [-0.05, 0) is 68.5 Å². The summed E-state index contributed by atoms with van der Waals surface area (Å²) in [4.78, 5) is 40.7. The first-order chi connectivity index (χ1) is 16.4. The van der Waals surface area contributed by atoms with Crippen molar-refractivity contribution in [1.29, 1.82) is 0 Å². The number of hydrogen-bond acceptors (Lipinski definition) is 3. The van der Waals surface area contributed by atoms with Gasteiger partial charge in [-0.1, -0.05) is 42.6 Å². The fourth-order valence-corrected chi connectivity index (χ4v) is 5.13. The van der Waals surface area contributed by atoms with E-state index in [1.165, 1.54) is 0 Å². The molecular formula is C27H32ClN3O3. The predicted molar refractivity (Wildman–Crippen MR) is 133 cm³/mol. The van der Waals surface area contributed by atoms with Crippen molar-refractivity contribution >= 4 is 29.3 Å². The minimum absolute atomic E-state index is 0.0318. The highest BCUT2D eigenvalue weighted by atomic mass is 35.5. The molecule has 2 fully saturated rings. The maximum atomic E-state index is 13.2. The minimum Gasteiger partial charge on any atom is -0.351 e. The van der Waals surface area contributed by atoms with Crippen molar-refractivity contribution in [2.75, 3.05) is 13.1 Å². The molecular weight excluding hydrogens is 450 g/mol. The summed E-state index contributed by atoms with van der Waals surface area (Å²) in [7, 11) is 0. The molecule has 6 nitrogen and oxygen atoms in total. The first-order valence-corrected chi connectivity index (χ1v) is 12.5. The fraction of sp³-hybridized carbons (Fsp3) is 0.444. The number of benzene rings is 2. The topological polar surface area (TPSA) is 78.5 Å². The molecule has 2 aliphatic rings. The van der Waals surface area contributed by atoms with Gasteiger partial charge >= 0.3 is 0 Å². The van der Waals surface area contributed by atoms with Crippen LogP contribution in [0.4, 0.5) is 0 Å². The average Bonchev–Trinajstić information content (AvgIpc) is 2.85. The third kappa shape index (κ3) is 5.79. The van der Waals surface area contributed by atoms with Crippen molar-refractivity contribution in [2.24, 2.45) is 5.92 Å². The second-order valence-electron chi connectivity index (χ2n) is 9.39. The van der Waals surface area contributed by atoms with E-state index in [2.05, 4.69) is 10.6 Å². The van der Waals surface area contributed by atoms with E-state index in [0.717, 1.165) is 44.1 Å². The molecule has 0 aromatic heterocycles. The van der Waals surface area contributed by atoms with Crippen molar-refractivity contribution in [3.05, 3.63) is 70.2 Å². The molecule has 1 unspecified atom stereocenters. The SMILES string of the molecule is Cc1ccccc1C(=O)N[C@@H]1CCCC[C@H]1NC(=O)C1CCCN(C(=O)c2ccc(Cl)cc2)C1. The summed E-state index contributed by atoms with van der Waals surface area (Å²) in [5, 5.41) is 6.95. The summed E-state index contributed by atoms with van der Waals surface area (Å²) in [5.74, 6) is -0.452. The van der Waals surface area contributed by atoms with Crippen molar-refractivity contribution in [3.8, 4) is 0 Å². The molecule has 2 aromatic rings. The first kappa shape index (κ1) is 24.3. The van der Waals surface area contributed by atoms with Gasteiger partial charge in [-0.2, -0.15) is 0 Å². The van der Waals surface area contributed by atoms with E-state index in [1.54, 1.807) is 29.2 Å². The monoisotopic (exact) mass is 481 g/mol. The standard InChI is InChI=1S/C27H32ClN3O3/c1-18-7-2-3-9-22(18)26(33)30-24-11-5-4-10-23(24)29-25(32)20-8-6-16-31(17-20)27(34)19-12-14-21(28)15-13-19/h2-3,7,9,12-15,20,23-24H,4-6,8,10-11,16-17H2,1H3,(H,29,32)(H,30,33)/t20?,23-,24-/m1/s1. The van der Waals surface area contributed by atoms with E-state index in [1.807, 2.05) is 31.2 Å². The summed E-state index contributed by atoms with van der Waals surface area (Å²) in [6.07, 6.45) is 5.27. The Hall–Kier alpha value is -2.86. The third-order valence-corrected chi connectivity index (χ3v) is 7.22. The predicted octanol–water partition coefficient (Wildman–Crippen LogP) is 4.36. The lowest BCUT2D eigenvalue weighted by atomic mass is 9.88. The summed E-state index contributed by atoms with van der Waals surface area (Å²) in [6, 6.07) is 14.2. The van der Waals surface area contributed by atoms with Crippen LogP contribution in [-0.4, -0.2) is 47.8 Å². The van der Waals surface area contributed by atoms with Crippen LogP contribution in [0.5, 0.6) is 0 Å². The van der Waals surface area contributed by atoms with E-state index in [9.17, 15) is 14.4 Å². The van der Waals surface area contributed by atoms with Crippen LogP contribution in [0.2, 0.25) is 5.02 Å². The Morgan fingerprint density at radius 2 is 1.56 bits per heavy atom. The number of carbonyl (C=O) groups excluding carboxylic acids is 3. The van der Waals surface area contributed by atoms with E-state index in [4.69, 9.17) is 11.6 Å². The van der Waals surface area contributed by atoms with Gasteiger partial charge in [0.25, 0.3) is 11.8 Å². The Kier molecular flexibility index (Phi) is 7.88. The summed E-state index contributed by atoms with van der Waals surface area (Å²) < 4.78 is 0. The molecule has 3 amide bonds. The largest absolute Gasteiger partial charge is 0.351 e. The van der Waals surface area contributed by atoms with Crippen LogP contribution in [0.25, 0.3) is 0 Å². The van der Waals surface area contributed by atoms with E-state index < -0.39 is 0 Å². The number of likely N-dealkylation sites (tertiary alicyclic amines) is 1. The normalized spacial score (nSPS) is 22.6. The average molecular weight is 482 g/mol. The zero-order valence-electron chi connectivity index (χ0n) is 19.6. The molecule has 0 bridgehead atoms. The van der Waals surface area contributed by atoms with Crippen LogP contribution in [0.3, 0.4) is 0 Å². The Balaban J connectivity index is 1.37. The van der Waals surface area contributed by atoms with Crippen molar-refractivity contribution < 1.29 is 14.4 Å². The van der Waals surface area contributed by atoms with Gasteiger partial charge in [-0.25, -0.2) is 0 Å².